The maximum absolute atomic E-state index is 10.9. The van der Waals surface area contributed by atoms with Gasteiger partial charge in [-0.25, -0.2) is 6.57 Å². The molecule has 0 saturated heterocycles. The number of hydrogen-bond acceptors (Lipinski definition) is 2. The first-order valence-corrected chi connectivity index (χ1v) is 4.56. The summed E-state index contributed by atoms with van der Waals surface area (Å²) in [7, 11) is 0. The molecule has 0 bridgehead atoms. The Hall–Kier alpha value is -1.08. The lowest BCUT2D eigenvalue weighted by Crippen LogP contribution is -2.35. The minimum Gasteiger partial charge on any atom is -0.348 e. The third-order valence-electron chi connectivity index (χ3n) is 1.87. The van der Waals surface area contributed by atoms with Gasteiger partial charge in [0.1, 0.15) is 0 Å². The molecule has 0 saturated carbocycles. The number of carbonyl (C=O) groups is 1. The molecule has 0 aliphatic carbocycles. The fourth-order valence-electron chi connectivity index (χ4n) is 1.02. The van der Waals surface area contributed by atoms with E-state index >= 15 is 0 Å². The summed E-state index contributed by atoms with van der Waals surface area (Å²) in [6.07, 6.45) is 0. The van der Waals surface area contributed by atoms with Crippen molar-refractivity contribution in [3.05, 3.63) is 11.4 Å². The van der Waals surface area contributed by atoms with Gasteiger partial charge in [-0.05, 0) is 13.1 Å². The molecule has 0 unspecified atom stereocenters. The summed E-state index contributed by atoms with van der Waals surface area (Å²) >= 11 is 0. The number of nitrogens with one attached hydrogen (secondary N) is 1. The molecule has 0 aliphatic heterocycles. The summed E-state index contributed by atoms with van der Waals surface area (Å²) in [5, 5.41) is 2.69. The Morgan fingerprint density at radius 2 is 2.08 bits per heavy atom. The molecule has 0 aromatic heterocycles. The van der Waals surface area contributed by atoms with Gasteiger partial charge in [0, 0.05) is 13.1 Å². The largest absolute Gasteiger partial charge is 0.348 e. The second-order valence-corrected chi connectivity index (χ2v) is 2.69. The molecular weight excluding hydrogens is 166 g/mol. The topological polar surface area (TPSA) is 36.7 Å². The molecule has 0 radical (unpaired) electrons. The number of likely N-dealkylation sites (N-methyl/N-ethyl adjacent to an activating group) is 1. The standard InChI is InChI=1S/C9H17N3O/c1-4-12(5-2)7-6-11-9(13)8-10-3/h4-8H2,1-2H3,(H,11,13). The summed E-state index contributed by atoms with van der Waals surface area (Å²) in [5.41, 5.74) is 0. The van der Waals surface area contributed by atoms with Crippen molar-refractivity contribution in [2.45, 2.75) is 13.8 Å². The van der Waals surface area contributed by atoms with E-state index in [1.54, 1.807) is 0 Å². The molecule has 0 spiro atoms. The molecule has 1 N–H and O–H groups in total. The Morgan fingerprint density at radius 1 is 1.46 bits per heavy atom. The minimum absolute atomic E-state index is 0.0573. The Kier molecular flexibility index (Phi) is 6.93. The van der Waals surface area contributed by atoms with E-state index in [2.05, 4.69) is 28.9 Å². The number of carbonyl (C=O) groups excluding carboxylic acids is 1. The van der Waals surface area contributed by atoms with Crippen LogP contribution in [0.15, 0.2) is 0 Å². The second-order valence-electron chi connectivity index (χ2n) is 2.69. The number of hydrogen-bond donors (Lipinski definition) is 1. The van der Waals surface area contributed by atoms with Crippen molar-refractivity contribution in [2.24, 2.45) is 0 Å². The van der Waals surface area contributed by atoms with Crippen LogP contribution in [-0.4, -0.2) is 43.5 Å². The number of nitrogens with zero attached hydrogens (tertiary/aromatic N) is 2. The van der Waals surface area contributed by atoms with E-state index in [-0.39, 0.29) is 12.5 Å². The monoisotopic (exact) mass is 183 g/mol. The van der Waals surface area contributed by atoms with Gasteiger partial charge < -0.3 is 15.1 Å². The van der Waals surface area contributed by atoms with Crippen LogP contribution in [0, 0.1) is 6.57 Å². The van der Waals surface area contributed by atoms with Crippen molar-refractivity contribution < 1.29 is 4.79 Å². The lowest BCUT2D eigenvalue weighted by atomic mass is 10.4. The molecule has 4 nitrogen and oxygen atoms in total. The van der Waals surface area contributed by atoms with E-state index < -0.39 is 0 Å². The van der Waals surface area contributed by atoms with Gasteiger partial charge in [-0.15, -0.1) is 0 Å². The highest BCUT2D eigenvalue weighted by molar-refractivity contribution is 5.79. The average Bonchev–Trinajstić information content (AvgIpc) is 2.13. The average molecular weight is 183 g/mol. The SMILES string of the molecule is [C-]#[N+]CC(=O)NCCN(CC)CC. The van der Waals surface area contributed by atoms with Crippen LogP contribution in [0.1, 0.15) is 13.8 Å². The first-order valence-electron chi connectivity index (χ1n) is 4.56. The van der Waals surface area contributed by atoms with Gasteiger partial charge in [0.15, 0.2) is 0 Å². The third-order valence-corrected chi connectivity index (χ3v) is 1.87. The molecule has 74 valence electrons. The van der Waals surface area contributed by atoms with E-state index in [4.69, 9.17) is 6.57 Å². The zero-order chi connectivity index (χ0) is 10.1. The summed E-state index contributed by atoms with van der Waals surface area (Å²) in [6.45, 7) is 14.1. The molecule has 0 heterocycles. The Morgan fingerprint density at radius 3 is 2.54 bits per heavy atom. The van der Waals surface area contributed by atoms with Crippen LogP contribution in [0.4, 0.5) is 0 Å². The summed E-state index contributed by atoms with van der Waals surface area (Å²) in [6, 6.07) is 0. The highest BCUT2D eigenvalue weighted by atomic mass is 16.1. The zero-order valence-corrected chi connectivity index (χ0v) is 8.34. The van der Waals surface area contributed by atoms with E-state index in [1.807, 2.05) is 0 Å². The van der Waals surface area contributed by atoms with Gasteiger partial charge in [0.2, 0.25) is 0 Å². The van der Waals surface area contributed by atoms with Crippen LogP contribution >= 0.6 is 0 Å². The molecule has 0 aliphatic rings. The van der Waals surface area contributed by atoms with E-state index in [9.17, 15) is 4.79 Å². The van der Waals surface area contributed by atoms with Crippen molar-refractivity contribution in [1.29, 1.82) is 0 Å². The van der Waals surface area contributed by atoms with Crippen molar-refractivity contribution in [1.82, 2.24) is 10.2 Å². The lowest BCUT2D eigenvalue weighted by Gasteiger charge is -2.17. The van der Waals surface area contributed by atoms with Gasteiger partial charge >= 0.3 is 0 Å². The predicted molar refractivity (Wildman–Crippen MR) is 52.3 cm³/mol. The van der Waals surface area contributed by atoms with Gasteiger partial charge in [-0.2, -0.15) is 0 Å². The van der Waals surface area contributed by atoms with Crippen LogP contribution in [0.5, 0.6) is 0 Å². The summed E-state index contributed by atoms with van der Waals surface area (Å²) in [5.74, 6) is -0.179. The molecule has 1 amide bonds. The molecule has 0 rings (SSSR count). The highest BCUT2D eigenvalue weighted by Crippen LogP contribution is 1.83. The molecule has 0 atom stereocenters. The van der Waals surface area contributed by atoms with Crippen LogP contribution in [-0.2, 0) is 4.79 Å². The molecule has 0 fully saturated rings. The van der Waals surface area contributed by atoms with Gasteiger partial charge in [-0.1, -0.05) is 13.8 Å². The summed E-state index contributed by atoms with van der Waals surface area (Å²) in [4.78, 5) is 16.1. The summed E-state index contributed by atoms with van der Waals surface area (Å²) < 4.78 is 0. The van der Waals surface area contributed by atoms with E-state index in [1.165, 1.54) is 0 Å². The Bertz CT molecular complexity index is 182. The smallest absolute Gasteiger partial charge is 0.300 e. The molecule has 4 heteroatoms. The fourth-order valence-corrected chi connectivity index (χ4v) is 1.02. The first kappa shape index (κ1) is 11.9. The quantitative estimate of drug-likeness (QED) is 0.604. The lowest BCUT2D eigenvalue weighted by molar-refractivity contribution is -0.119. The number of rotatable bonds is 6. The van der Waals surface area contributed by atoms with Gasteiger partial charge in [-0.3, -0.25) is 4.79 Å². The Balaban J connectivity index is 3.44. The molecule has 0 aromatic carbocycles. The minimum atomic E-state index is -0.179. The van der Waals surface area contributed by atoms with E-state index in [0.717, 1.165) is 19.6 Å². The fraction of sp³-hybridized carbons (Fsp3) is 0.778. The predicted octanol–water partition coefficient (Wildman–Crippen LogP) is 0.364. The molecule has 0 aromatic rings. The molecule has 13 heavy (non-hydrogen) atoms. The van der Waals surface area contributed by atoms with Crippen LogP contribution in [0.25, 0.3) is 4.85 Å². The number of amides is 1. The normalized spacial score (nSPS) is 9.69. The van der Waals surface area contributed by atoms with Crippen molar-refractivity contribution >= 4 is 5.91 Å². The van der Waals surface area contributed by atoms with E-state index in [0.29, 0.717) is 6.54 Å². The zero-order valence-electron chi connectivity index (χ0n) is 8.34. The van der Waals surface area contributed by atoms with Gasteiger partial charge in [0.05, 0.1) is 0 Å². The first-order chi connectivity index (χ1) is 6.24. The third kappa shape index (κ3) is 6.12. The van der Waals surface area contributed by atoms with Crippen LogP contribution in [0.3, 0.4) is 0 Å². The maximum Gasteiger partial charge on any atom is 0.300 e. The molecular formula is C9H17N3O. The van der Waals surface area contributed by atoms with Gasteiger partial charge in [0.25, 0.3) is 12.5 Å². The van der Waals surface area contributed by atoms with Crippen LogP contribution < -0.4 is 5.32 Å². The van der Waals surface area contributed by atoms with Crippen molar-refractivity contribution in [3.63, 3.8) is 0 Å². The Labute approximate surface area is 79.7 Å². The maximum atomic E-state index is 10.9. The van der Waals surface area contributed by atoms with Crippen molar-refractivity contribution in [3.8, 4) is 0 Å². The second kappa shape index (κ2) is 7.56. The van der Waals surface area contributed by atoms with Crippen LogP contribution in [0.2, 0.25) is 0 Å². The van der Waals surface area contributed by atoms with Crippen molar-refractivity contribution in [2.75, 3.05) is 32.7 Å². The highest BCUT2D eigenvalue weighted by Gasteiger charge is 2.03.